The van der Waals surface area contributed by atoms with Crippen molar-refractivity contribution in [2.24, 2.45) is 0 Å². The van der Waals surface area contributed by atoms with E-state index < -0.39 is 17.7 Å². The zero-order valence-corrected chi connectivity index (χ0v) is 22.8. The van der Waals surface area contributed by atoms with Gasteiger partial charge in [-0.15, -0.1) is 0 Å². The van der Waals surface area contributed by atoms with Crippen molar-refractivity contribution in [3.05, 3.63) is 95.8 Å². The van der Waals surface area contributed by atoms with Gasteiger partial charge >= 0.3 is 0 Å². The molecule has 3 aromatic rings. The Balaban J connectivity index is 1.78. The second kappa shape index (κ2) is 12.6. The first-order valence-electron chi connectivity index (χ1n) is 13.4. The number of para-hydroxylation sites is 1. The minimum Gasteiger partial charge on any atom is -0.507 e. The fourth-order valence-electron chi connectivity index (χ4n) is 5.01. The van der Waals surface area contributed by atoms with Crippen molar-refractivity contribution in [2.75, 3.05) is 32.8 Å². The number of aliphatic hydroxyl groups is 1. The van der Waals surface area contributed by atoms with E-state index in [9.17, 15) is 14.7 Å². The van der Waals surface area contributed by atoms with Gasteiger partial charge in [0.25, 0.3) is 11.7 Å². The first-order valence-corrected chi connectivity index (χ1v) is 13.4. The molecule has 1 unspecified atom stereocenters. The molecule has 1 saturated heterocycles. The van der Waals surface area contributed by atoms with E-state index >= 15 is 0 Å². The molecule has 8 heteroatoms. The Bertz CT molecular complexity index is 1360. The molecule has 0 saturated carbocycles. The number of hydrogen-bond donors (Lipinski definition) is 1. The van der Waals surface area contributed by atoms with Gasteiger partial charge in [0.05, 0.1) is 34.8 Å². The monoisotopic (exact) mass is 528 g/mol. The summed E-state index contributed by atoms with van der Waals surface area (Å²) in [6.45, 7) is 13.0. The van der Waals surface area contributed by atoms with Crippen LogP contribution in [0.4, 0.5) is 0 Å². The summed E-state index contributed by atoms with van der Waals surface area (Å²) in [6, 6.07) is 16.1. The largest absolute Gasteiger partial charge is 0.507 e. The van der Waals surface area contributed by atoms with Crippen LogP contribution in [0.15, 0.2) is 79.0 Å². The van der Waals surface area contributed by atoms with Gasteiger partial charge in [-0.1, -0.05) is 56.8 Å². The fraction of sp³-hybridized carbons (Fsp3) is 0.323. The number of carbonyl (C=O) groups is 2. The van der Waals surface area contributed by atoms with Crippen LogP contribution >= 0.6 is 0 Å². The third-order valence-electron chi connectivity index (χ3n) is 7.12. The first kappa shape index (κ1) is 27.9. The molecule has 1 aromatic heterocycles. The van der Waals surface area contributed by atoms with Crippen molar-refractivity contribution < 1.29 is 19.4 Å². The SMILES string of the molecule is C=CCOc1cccc(C2/C(=C(\O)c3cnn(-c4ccccc4)c3C)C(=O)C(=O)N2CCCN(CC)CC)c1. The Labute approximate surface area is 229 Å². The highest BCUT2D eigenvalue weighted by molar-refractivity contribution is 6.46. The number of ketones is 1. The lowest BCUT2D eigenvalue weighted by Gasteiger charge is -2.27. The van der Waals surface area contributed by atoms with Crippen LogP contribution in [0, 0.1) is 6.92 Å². The standard InChI is InChI=1S/C31H36N4O4/c1-5-19-39-25-16-11-13-23(20-25)28-27(30(37)31(38)34(28)18-12-17-33(6-2)7-3)29(36)26-21-32-35(22(26)4)24-14-9-8-10-15-24/h5,8-11,13-16,20-21,28,36H,1,6-7,12,17-19H2,2-4H3/b29-27+. The molecule has 1 aliphatic rings. The maximum Gasteiger partial charge on any atom is 0.295 e. The average Bonchev–Trinajstić information content (AvgIpc) is 3.47. The highest BCUT2D eigenvalue weighted by Crippen LogP contribution is 2.41. The highest BCUT2D eigenvalue weighted by atomic mass is 16.5. The number of benzene rings is 2. The van der Waals surface area contributed by atoms with Gasteiger partial charge in [0.2, 0.25) is 0 Å². The van der Waals surface area contributed by atoms with E-state index in [2.05, 4.69) is 30.4 Å². The quantitative estimate of drug-likeness (QED) is 0.156. The van der Waals surface area contributed by atoms with Crippen molar-refractivity contribution in [3.8, 4) is 11.4 Å². The third kappa shape index (κ3) is 5.81. The molecule has 4 rings (SSSR count). The van der Waals surface area contributed by atoms with E-state index in [0.29, 0.717) is 42.1 Å². The van der Waals surface area contributed by atoms with Gasteiger partial charge in [0.15, 0.2) is 0 Å². The number of aromatic nitrogens is 2. The molecule has 1 fully saturated rings. The number of amides is 1. The number of nitrogens with zero attached hydrogens (tertiary/aromatic N) is 4. The van der Waals surface area contributed by atoms with Crippen LogP contribution in [0.25, 0.3) is 11.4 Å². The van der Waals surface area contributed by atoms with Crippen LogP contribution in [-0.2, 0) is 9.59 Å². The topological polar surface area (TPSA) is 87.9 Å². The number of aliphatic hydroxyl groups excluding tert-OH is 1. The third-order valence-corrected chi connectivity index (χ3v) is 7.12. The summed E-state index contributed by atoms with van der Waals surface area (Å²) >= 11 is 0. The zero-order valence-electron chi connectivity index (χ0n) is 22.8. The molecule has 204 valence electrons. The number of rotatable bonds is 12. The van der Waals surface area contributed by atoms with Crippen molar-refractivity contribution in [3.63, 3.8) is 0 Å². The lowest BCUT2D eigenvalue weighted by molar-refractivity contribution is -0.140. The van der Waals surface area contributed by atoms with E-state index in [1.54, 1.807) is 15.7 Å². The summed E-state index contributed by atoms with van der Waals surface area (Å²) in [6.07, 6.45) is 3.88. The average molecular weight is 529 g/mol. The van der Waals surface area contributed by atoms with E-state index in [1.807, 2.05) is 61.5 Å². The van der Waals surface area contributed by atoms with Gasteiger partial charge in [0, 0.05) is 6.54 Å². The van der Waals surface area contributed by atoms with Crippen molar-refractivity contribution in [2.45, 2.75) is 33.2 Å². The molecule has 0 spiro atoms. The molecule has 1 amide bonds. The summed E-state index contributed by atoms with van der Waals surface area (Å²) in [7, 11) is 0. The number of likely N-dealkylation sites (tertiary alicyclic amines) is 1. The van der Waals surface area contributed by atoms with Gasteiger partial charge in [-0.3, -0.25) is 9.59 Å². The molecule has 1 atom stereocenters. The van der Waals surface area contributed by atoms with E-state index in [1.165, 1.54) is 6.20 Å². The molecule has 2 heterocycles. The summed E-state index contributed by atoms with van der Waals surface area (Å²) in [4.78, 5) is 30.7. The van der Waals surface area contributed by atoms with Gasteiger partial charge < -0.3 is 19.6 Å². The molecule has 1 N–H and O–H groups in total. The van der Waals surface area contributed by atoms with Crippen LogP contribution in [0.3, 0.4) is 0 Å². The lowest BCUT2D eigenvalue weighted by Crippen LogP contribution is -2.33. The molecule has 39 heavy (non-hydrogen) atoms. The van der Waals surface area contributed by atoms with Gasteiger partial charge in [0.1, 0.15) is 18.1 Å². The van der Waals surface area contributed by atoms with Crippen LogP contribution in [0.5, 0.6) is 5.75 Å². The summed E-state index contributed by atoms with van der Waals surface area (Å²) < 4.78 is 7.44. The summed E-state index contributed by atoms with van der Waals surface area (Å²) in [5.74, 6) is -0.966. The van der Waals surface area contributed by atoms with Gasteiger partial charge in [-0.25, -0.2) is 4.68 Å². The van der Waals surface area contributed by atoms with Crippen LogP contribution in [-0.4, -0.2) is 69.2 Å². The van der Waals surface area contributed by atoms with Crippen molar-refractivity contribution in [1.82, 2.24) is 19.6 Å². The molecular weight excluding hydrogens is 492 g/mol. The molecular formula is C31H36N4O4. The van der Waals surface area contributed by atoms with Crippen molar-refractivity contribution >= 4 is 17.4 Å². The fourth-order valence-corrected chi connectivity index (χ4v) is 5.01. The van der Waals surface area contributed by atoms with Crippen LogP contribution in [0.1, 0.15) is 43.1 Å². The normalized spacial score (nSPS) is 16.7. The Morgan fingerprint density at radius 1 is 1.13 bits per heavy atom. The number of Topliss-reactive ketones (excluding diaryl/α,β-unsaturated/α-hetero) is 1. The predicted molar refractivity (Wildman–Crippen MR) is 152 cm³/mol. The van der Waals surface area contributed by atoms with E-state index in [0.717, 1.165) is 25.3 Å². The molecule has 2 aromatic carbocycles. The Hall–Kier alpha value is -4.17. The lowest BCUT2D eigenvalue weighted by atomic mass is 9.95. The second-order valence-corrected chi connectivity index (χ2v) is 9.44. The van der Waals surface area contributed by atoms with E-state index in [4.69, 9.17) is 4.74 Å². The maximum absolute atomic E-state index is 13.5. The van der Waals surface area contributed by atoms with Crippen LogP contribution < -0.4 is 4.74 Å². The molecule has 0 bridgehead atoms. The molecule has 0 radical (unpaired) electrons. The minimum absolute atomic E-state index is 0.0550. The Morgan fingerprint density at radius 3 is 2.56 bits per heavy atom. The minimum atomic E-state index is -0.756. The summed E-state index contributed by atoms with van der Waals surface area (Å²) in [5, 5.41) is 16.0. The smallest absolute Gasteiger partial charge is 0.295 e. The number of carbonyl (C=O) groups excluding carboxylic acids is 2. The Morgan fingerprint density at radius 2 is 1.87 bits per heavy atom. The first-order chi connectivity index (χ1) is 18.9. The van der Waals surface area contributed by atoms with Gasteiger partial charge in [-0.2, -0.15) is 5.10 Å². The molecule has 0 aliphatic carbocycles. The zero-order chi connectivity index (χ0) is 27.9. The summed E-state index contributed by atoms with van der Waals surface area (Å²) in [5.41, 5.74) is 2.64. The predicted octanol–water partition coefficient (Wildman–Crippen LogP) is 4.90. The second-order valence-electron chi connectivity index (χ2n) is 9.44. The number of hydrogen-bond acceptors (Lipinski definition) is 6. The Kier molecular flexibility index (Phi) is 8.99. The molecule has 1 aliphatic heterocycles. The highest BCUT2D eigenvalue weighted by Gasteiger charge is 2.46. The maximum atomic E-state index is 13.5. The van der Waals surface area contributed by atoms with Crippen LogP contribution in [0.2, 0.25) is 0 Å². The van der Waals surface area contributed by atoms with Gasteiger partial charge in [-0.05, 0) is 62.8 Å². The van der Waals surface area contributed by atoms with E-state index in [-0.39, 0.29) is 11.3 Å². The van der Waals surface area contributed by atoms with Crippen molar-refractivity contribution in [1.29, 1.82) is 0 Å². The number of ether oxygens (including phenoxy) is 1. The molecule has 8 nitrogen and oxygen atoms in total.